The van der Waals surface area contributed by atoms with Crippen molar-refractivity contribution in [3.63, 3.8) is 0 Å². The van der Waals surface area contributed by atoms with Crippen LogP contribution >= 0.6 is 0 Å². The molecule has 1 aromatic heterocycles. The van der Waals surface area contributed by atoms with Crippen LogP contribution in [0, 0.1) is 5.41 Å². The molecule has 0 saturated carbocycles. The van der Waals surface area contributed by atoms with Gasteiger partial charge in [0.25, 0.3) is 5.91 Å². The number of likely N-dealkylation sites (tertiary alicyclic amines) is 1. The van der Waals surface area contributed by atoms with Crippen LogP contribution in [0.5, 0.6) is 0 Å². The van der Waals surface area contributed by atoms with E-state index in [2.05, 4.69) is 29.0 Å². The number of carbonyl (C=O) groups excluding carboxylic acids is 1. The minimum Gasteiger partial charge on any atom is -0.336 e. The molecule has 0 aromatic carbocycles. The number of rotatable bonds is 1. The first-order valence-corrected chi connectivity index (χ1v) is 6.91. The van der Waals surface area contributed by atoms with Crippen LogP contribution in [0.3, 0.4) is 0 Å². The summed E-state index contributed by atoms with van der Waals surface area (Å²) in [4.78, 5) is 18.5. The number of amides is 1. The largest absolute Gasteiger partial charge is 0.336 e. The van der Waals surface area contributed by atoms with Crippen LogP contribution in [-0.4, -0.2) is 39.1 Å². The van der Waals surface area contributed by atoms with Gasteiger partial charge in [-0.15, -0.1) is 5.10 Å². The molecule has 1 N–H and O–H groups in total. The Morgan fingerprint density at radius 1 is 1.26 bits per heavy atom. The SMILES string of the molecule is CC1(C)CCN(C(=O)c2n[nH]c(C(C)(C)C)n2)CC1. The van der Waals surface area contributed by atoms with E-state index < -0.39 is 0 Å². The zero-order valence-corrected chi connectivity index (χ0v) is 12.6. The minimum absolute atomic E-state index is 0.0535. The lowest BCUT2D eigenvalue weighted by atomic mass is 9.83. The molecule has 2 rings (SSSR count). The second-order valence-electron chi connectivity index (χ2n) is 7.21. The zero-order chi connectivity index (χ0) is 14.3. The molecule has 0 radical (unpaired) electrons. The van der Waals surface area contributed by atoms with E-state index in [0.29, 0.717) is 11.2 Å². The first-order valence-electron chi connectivity index (χ1n) is 6.91. The molecule has 5 nitrogen and oxygen atoms in total. The van der Waals surface area contributed by atoms with Crippen LogP contribution in [0.2, 0.25) is 0 Å². The van der Waals surface area contributed by atoms with E-state index in [1.54, 1.807) is 0 Å². The van der Waals surface area contributed by atoms with Gasteiger partial charge < -0.3 is 4.90 Å². The Balaban J connectivity index is 2.07. The number of carbonyl (C=O) groups is 1. The van der Waals surface area contributed by atoms with Crippen LogP contribution in [0.25, 0.3) is 0 Å². The number of aromatic amines is 1. The van der Waals surface area contributed by atoms with Gasteiger partial charge in [0.15, 0.2) is 0 Å². The number of piperidine rings is 1. The monoisotopic (exact) mass is 264 g/mol. The van der Waals surface area contributed by atoms with Gasteiger partial charge in [-0.05, 0) is 18.3 Å². The Morgan fingerprint density at radius 3 is 2.32 bits per heavy atom. The van der Waals surface area contributed by atoms with E-state index in [0.717, 1.165) is 31.8 Å². The van der Waals surface area contributed by atoms with Crippen LogP contribution in [0.1, 0.15) is 63.9 Å². The fourth-order valence-electron chi connectivity index (χ4n) is 2.15. The molecule has 19 heavy (non-hydrogen) atoms. The number of nitrogens with zero attached hydrogens (tertiary/aromatic N) is 3. The van der Waals surface area contributed by atoms with E-state index in [4.69, 9.17) is 0 Å². The summed E-state index contributed by atoms with van der Waals surface area (Å²) in [7, 11) is 0. The molecule has 1 fully saturated rings. The van der Waals surface area contributed by atoms with Crippen LogP contribution in [0.15, 0.2) is 0 Å². The van der Waals surface area contributed by atoms with Gasteiger partial charge in [-0.3, -0.25) is 9.89 Å². The molecule has 5 heteroatoms. The van der Waals surface area contributed by atoms with Crippen molar-refractivity contribution in [3.8, 4) is 0 Å². The molecular formula is C14H24N4O. The molecule has 2 heterocycles. The van der Waals surface area contributed by atoms with Gasteiger partial charge in [-0.1, -0.05) is 34.6 Å². The predicted octanol–water partition coefficient (Wildman–Crippen LogP) is 2.36. The van der Waals surface area contributed by atoms with Crippen molar-refractivity contribution < 1.29 is 4.79 Å². The van der Waals surface area contributed by atoms with E-state index in [1.807, 2.05) is 25.7 Å². The first kappa shape index (κ1) is 14.0. The van der Waals surface area contributed by atoms with Gasteiger partial charge in [0.1, 0.15) is 5.82 Å². The molecule has 106 valence electrons. The maximum Gasteiger partial charge on any atom is 0.293 e. The quantitative estimate of drug-likeness (QED) is 0.847. The summed E-state index contributed by atoms with van der Waals surface area (Å²) in [5.41, 5.74) is 0.224. The van der Waals surface area contributed by atoms with Crippen molar-refractivity contribution >= 4 is 5.91 Å². The number of aromatic nitrogens is 3. The van der Waals surface area contributed by atoms with E-state index in [-0.39, 0.29) is 11.3 Å². The average molecular weight is 264 g/mol. The zero-order valence-electron chi connectivity index (χ0n) is 12.6. The van der Waals surface area contributed by atoms with E-state index >= 15 is 0 Å². The fraction of sp³-hybridized carbons (Fsp3) is 0.786. The molecule has 1 aromatic rings. The third-order valence-corrected chi connectivity index (χ3v) is 3.79. The maximum atomic E-state index is 12.3. The Morgan fingerprint density at radius 2 is 1.84 bits per heavy atom. The summed E-state index contributed by atoms with van der Waals surface area (Å²) in [5, 5.41) is 6.94. The maximum absolute atomic E-state index is 12.3. The number of H-pyrrole nitrogens is 1. The molecule has 0 bridgehead atoms. The Labute approximate surface area is 114 Å². The highest BCUT2D eigenvalue weighted by Gasteiger charge is 2.30. The van der Waals surface area contributed by atoms with Gasteiger partial charge in [-0.2, -0.15) is 0 Å². The number of hydrogen-bond acceptors (Lipinski definition) is 3. The minimum atomic E-state index is -0.116. The van der Waals surface area contributed by atoms with Crippen molar-refractivity contribution in [2.24, 2.45) is 5.41 Å². The fourth-order valence-corrected chi connectivity index (χ4v) is 2.15. The third kappa shape index (κ3) is 3.14. The normalized spacial score (nSPS) is 19.5. The molecule has 0 aliphatic carbocycles. The van der Waals surface area contributed by atoms with Crippen molar-refractivity contribution in [2.45, 2.75) is 52.9 Å². The lowest BCUT2D eigenvalue weighted by molar-refractivity contribution is 0.0618. The van der Waals surface area contributed by atoms with Crippen molar-refractivity contribution in [1.82, 2.24) is 20.1 Å². The molecule has 1 aliphatic rings. The molecule has 1 aliphatic heterocycles. The topological polar surface area (TPSA) is 61.9 Å². The molecule has 0 atom stereocenters. The summed E-state index contributed by atoms with van der Waals surface area (Å²) in [5.74, 6) is 1.00. The second kappa shape index (κ2) is 4.62. The molecule has 0 spiro atoms. The van der Waals surface area contributed by atoms with E-state index in [1.165, 1.54) is 0 Å². The standard InChI is InChI=1S/C14H24N4O/c1-13(2,3)12-15-10(16-17-12)11(19)18-8-6-14(4,5)7-9-18/h6-9H2,1-5H3,(H,15,16,17). The smallest absolute Gasteiger partial charge is 0.293 e. The number of hydrogen-bond donors (Lipinski definition) is 1. The summed E-state index contributed by atoms with van der Waals surface area (Å²) in [6, 6.07) is 0. The molecule has 1 saturated heterocycles. The van der Waals surface area contributed by atoms with Crippen LogP contribution < -0.4 is 0 Å². The van der Waals surface area contributed by atoms with E-state index in [9.17, 15) is 4.79 Å². The summed E-state index contributed by atoms with van der Waals surface area (Å²) in [6.07, 6.45) is 2.07. The Kier molecular flexibility index (Phi) is 3.41. The van der Waals surface area contributed by atoms with Gasteiger partial charge >= 0.3 is 0 Å². The summed E-state index contributed by atoms with van der Waals surface area (Å²) in [6.45, 7) is 12.2. The Hall–Kier alpha value is -1.39. The van der Waals surface area contributed by atoms with Crippen molar-refractivity contribution in [2.75, 3.05) is 13.1 Å². The van der Waals surface area contributed by atoms with Crippen molar-refractivity contribution in [3.05, 3.63) is 11.6 Å². The lowest BCUT2D eigenvalue weighted by Gasteiger charge is -2.36. The lowest BCUT2D eigenvalue weighted by Crippen LogP contribution is -2.41. The average Bonchev–Trinajstić information content (AvgIpc) is 2.77. The van der Waals surface area contributed by atoms with Gasteiger partial charge in [-0.25, -0.2) is 4.98 Å². The molecule has 1 amide bonds. The second-order valence-corrected chi connectivity index (χ2v) is 7.21. The highest BCUT2D eigenvalue weighted by Crippen LogP contribution is 2.30. The molecular weight excluding hydrogens is 240 g/mol. The van der Waals surface area contributed by atoms with Crippen molar-refractivity contribution in [1.29, 1.82) is 0 Å². The first-order chi connectivity index (χ1) is 8.69. The predicted molar refractivity (Wildman–Crippen MR) is 74.0 cm³/mol. The summed E-state index contributed by atoms with van der Waals surface area (Å²) >= 11 is 0. The number of nitrogens with one attached hydrogen (secondary N) is 1. The van der Waals surface area contributed by atoms with Crippen LogP contribution in [0.4, 0.5) is 0 Å². The molecule has 0 unspecified atom stereocenters. The van der Waals surface area contributed by atoms with Gasteiger partial charge in [0.05, 0.1) is 0 Å². The third-order valence-electron chi connectivity index (χ3n) is 3.79. The summed E-state index contributed by atoms with van der Waals surface area (Å²) < 4.78 is 0. The highest BCUT2D eigenvalue weighted by atomic mass is 16.2. The van der Waals surface area contributed by atoms with Gasteiger partial charge in [0.2, 0.25) is 5.82 Å². The van der Waals surface area contributed by atoms with Gasteiger partial charge in [0, 0.05) is 18.5 Å². The Bertz CT molecular complexity index is 460. The van der Waals surface area contributed by atoms with Crippen LogP contribution in [-0.2, 0) is 5.41 Å². The highest BCUT2D eigenvalue weighted by molar-refractivity contribution is 5.90.